The van der Waals surface area contributed by atoms with Gasteiger partial charge in [0.05, 0.1) is 0 Å². The van der Waals surface area contributed by atoms with E-state index in [1.807, 2.05) is 25.1 Å². The van der Waals surface area contributed by atoms with Gasteiger partial charge in [0, 0.05) is 10.4 Å². The third-order valence-corrected chi connectivity index (χ3v) is 3.48. The van der Waals surface area contributed by atoms with Crippen LogP contribution in [0, 0.1) is 0 Å². The van der Waals surface area contributed by atoms with Gasteiger partial charge in [0.1, 0.15) is 19.2 Å². The van der Waals surface area contributed by atoms with Crippen LogP contribution in [-0.4, -0.2) is 24.9 Å². The van der Waals surface area contributed by atoms with Crippen LogP contribution in [0.5, 0.6) is 0 Å². The van der Waals surface area contributed by atoms with Crippen LogP contribution in [0.4, 0.5) is 0 Å². The van der Waals surface area contributed by atoms with E-state index >= 15 is 0 Å². The highest BCUT2D eigenvalue weighted by Crippen LogP contribution is 2.24. The lowest BCUT2D eigenvalue weighted by Crippen LogP contribution is -2.02. The minimum absolute atomic E-state index is 0.0701. The highest BCUT2D eigenvalue weighted by Gasteiger charge is 2.16. The lowest BCUT2D eigenvalue weighted by atomic mass is 10.0. The summed E-state index contributed by atoms with van der Waals surface area (Å²) < 4.78 is 7.92. The van der Waals surface area contributed by atoms with Gasteiger partial charge >= 0.3 is 0 Å². The van der Waals surface area contributed by atoms with Crippen molar-refractivity contribution in [3.63, 3.8) is 0 Å². The van der Waals surface area contributed by atoms with Gasteiger partial charge in [-0.2, -0.15) is 10.1 Å². The normalized spacial score (nSPS) is 12.5. The summed E-state index contributed by atoms with van der Waals surface area (Å²) in [4.78, 5) is 8.28. The summed E-state index contributed by atoms with van der Waals surface area (Å²) >= 11 is 3.47. The molecule has 7 heteroatoms. The zero-order valence-corrected chi connectivity index (χ0v) is 12.4. The van der Waals surface area contributed by atoms with E-state index in [2.05, 4.69) is 42.2 Å². The highest BCUT2D eigenvalue weighted by molar-refractivity contribution is 9.10. The molecule has 1 unspecified atom stereocenters. The summed E-state index contributed by atoms with van der Waals surface area (Å²) in [5.41, 5.74) is 1.13. The SMILES string of the molecule is CC(c1cccc(Br)c1)c1noc(Cn2cncn2)n1. The lowest BCUT2D eigenvalue weighted by Gasteiger charge is -2.07. The van der Waals surface area contributed by atoms with Crippen LogP contribution in [-0.2, 0) is 6.54 Å². The molecule has 0 aliphatic rings. The average Bonchev–Trinajstić information content (AvgIpc) is 3.10. The van der Waals surface area contributed by atoms with E-state index in [9.17, 15) is 0 Å². The Morgan fingerprint density at radius 1 is 1.40 bits per heavy atom. The second-order valence-corrected chi connectivity index (χ2v) is 5.33. The number of aromatic nitrogens is 5. The average molecular weight is 334 g/mol. The Labute approximate surface area is 124 Å². The minimum Gasteiger partial charge on any atom is -0.337 e. The summed E-state index contributed by atoms with van der Waals surface area (Å²) in [6, 6.07) is 8.08. The molecule has 2 heterocycles. The molecule has 0 saturated heterocycles. The van der Waals surface area contributed by atoms with Gasteiger partial charge in [0.25, 0.3) is 0 Å². The van der Waals surface area contributed by atoms with E-state index in [1.54, 1.807) is 11.0 Å². The van der Waals surface area contributed by atoms with Gasteiger partial charge in [-0.25, -0.2) is 9.67 Å². The van der Waals surface area contributed by atoms with Gasteiger partial charge in [0.15, 0.2) is 5.82 Å². The molecule has 0 aliphatic heterocycles. The number of nitrogens with zero attached hydrogens (tertiary/aromatic N) is 5. The van der Waals surface area contributed by atoms with Crippen molar-refractivity contribution in [2.75, 3.05) is 0 Å². The summed E-state index contributed by atoms with van der Waals surface area (Å²) in [5.74, 6) is 1.26. The van der Waals surface area contributed by atoms with Crippen molar-refractivity contribution in [3.8, 4) is 0 Å². The molecule has 1 aromatic carbocycles. The van der Waals surface area contributed by atoms with Crippen molar-refractivity contribution in [1.29, 1.82) is 0 Å². The Kier molecular flexibility index (Phi) is 3.60. The summed E-state index contributed by atoms with van der Waals surface area (Å²) in [6.07, 6.45) is 3.09. The number of rotatable bonds is 4. The van der Waals surface area contributed by atoms with Gasteiger partial charge in [-0.05, 0) is 17.7 Å². The quantitative estimate of drug-likeness (QED) is 0.734. The molecule has 0 fully saturated rings. The van der Waals surface area contributed by atoms with Crippen molar-refractivity contribution < 1.29 is 4.52 Å². The van der Waals surface area contributed by atoms with Crippen LogP contribution < -0.4 is 0 Å². The number of hydrogen-bond donors (Lipinski definition) is 0. The molecule has 3 rings (SSSR count). The Balaban J connectivity index is 1.79. The molecule has 102 valence electrons. The van der Waals surface area contributed by atoms with Gasteiger partial charge < -0.3 is 4.52 Å². The topological polar surface area (TPSA) is 69.6 Å². The molecule has 0 aliphatic carbocycles. The molecule has 0 N–H and O–H groups in total. The standard InChI is InChI=1S/C13H12BrN5O/c1-9(10-3-2-4-11(14)5-10)13-17-12(20-18-13)6-19-8-15-7-16-19/h2-5,7-9H,6H2,1H3. The van der Waals surface area contributed by atoms with Crippen molar-refractivity contribution >= 4 is 15.9 Å². The van der Waals surface area contributed by atoms with E-state index in [0.717, 1.165) is 10.0 Å². The Bertz CT molecular complexity index is 694. The smallest absolute Gasteiger partial charge is 0.248 e. The van der Waals surface area contributed by atoms with Crippen molar-refractivity contribution in [3.05, 3.63) is 58.7 Å². The lowest BCUT2D eigenvalue weighted by molar-refractivity contribution is 0.360. The first-order valence-electron chi connectivity index (χ1n) is 6.13. The second-order valence-electron chi connectivity index (χ2n) is 4.42. The Morgan fingerprint density at radius 3 is 3.05 bits per heavy atom. The van der Waals surface area contributed by atoms with E-state index in [1.165, 1.54) is 6.33 Å². The van der Waals surface area contributed by atoms with Crippen molar-refractivity contribution in [2.24, 2.45) is 0 Å². The highest BCUT2D eigenvalue weighted by atomic mass is 79.9. The van der Waals surface area contributed by atoms with E-state index in [4.69, 9.17) is 4.52 Å². The largest absolute Gasteiger partial charge is 0.337 e. The first kappa shape index (κ1) is 13.0. The zero-order chi connectivity index (χ0) is 13.9. The van der Waals surface area contributed by atoms with Crippen molar-refractivity contribution in [1.82, 2.24) is 24.9 Å². The first-order chi connectivity index (χ1) is 9.72. The van der Waals surface area contributed by atoms with Crippen LogP contribution in [0.25, 0.3) is 0 Å². The van der Waals surface area contributed by atoms with Crippen LogP contribution in [0.3, 0.4) is 0 Å². The minimum atomic E-state index is 0.0701. The molecule has 0 bridgehead atoms. The third-order valence-electron chi connectivity index (χ3n) is 2.98. The van der Waals surface area contributed by atoms with Gasteiger partial charge in [-0.15, -0.1) is 0 Å². The second kappa shape index (κ2) is 5.54. The van der Waals surface area contributed by atoms with E-state index < -0.39 is 0 Å². The van der Waals surface area contributed by atoms with Crippen LogP contribution in [0.1, 0.15) is 30.1 Å². The van der Waals surface area contributed by atoms with Gasteiger partial charge in [0.2, 0.25) is 5.89 Å². The summed E-state index contributed by atoms with van der Waals surface area (Å²) in [6.45, 7) is 2.48. The molecule has 2 aromatic heterocycles. The molecule has 6 nitrogen and oxygen atoms in total. The van der Waals surface area contributed by atoms with Crippen LogP contribution in [0.15, 0.2) is 45.9 Å². The van der Waals surface area contributed by atoms with Crippen molar-refractivity contribution in [2.45, 2.75) is 19.4 Å². The predicted molar refractivity (Wildman–Crippen MR) is 75.1 cm³/mol. The summed E-state index contributed by atoms with van der Waals surface area (Å²) in [5, 5.41) is 8.05. The number of benzene rings is 1. The van der Waals surface area contributed by atoms with Gasteiger partial charge in [-0.3, -0.25) is 0 Å². The molecule has 3 aromatic rings. The Hall–Kier alpha value is -2.02. The van der Waals surface area contributed by atoms with E-state index in [0.29, 0.717) is 18.3 Å². The molecule has 0 spiro atoms. The van der Waals surface area contributed by atoms with Crippen LogP contribution in [0.2, 0.25) is 0 Å². The maximum atomic E-state index is 5.25. The summed E-state index contributed by atoms with van der Waals surface area (Å²) in [7, 11) is 0. The molecule has 20 heavy (non-hydrogen) atoms. The number of halogens is 1. The zero-order valence-electron chi connectivity index (χ0n) is 10.8. The maximum absolute atomic E-state index is 5.25. The molecule has 1 atom stereocenters. The molecule has 0 amide bonds. The fourth-order valence-electron chi connectivity index (χ4n) is 1.89. The third kappa shape index (κ3) is 2.77. The van der Waals surface area contributed by atoms with Gasteiger partial charge in [-0.1, -0.05) is 40.1 Å². The number of hydrogen-bond acceptors (Lipinski definition) is 5. The Morgan fingerprint density at radius 2 is 2.30 bits per heavy atom. The fraction of sp³-hybridized carbons (Fsp3) is 0.231. The molecular formula is C13H12BrN5O. The molecular weight excluding hydrogens is 322 g/mol. The molecule has 0 saturated carbocycles. The monoisotopic (exact) mass is 333 g/mol. The fourth-order valence-corrected chi connectivity index (χ4v) is 2.30. The van der Waals surface area contributed by atoms with Crippen LogP contribution >= 0.6 is 15.9 Å². The first-order valence-corrected chi connectivity index (χ1v) is 6.92. The predicted octanol–water partition coefficient (Wildman–Crippen LogP) is 2.62. The van der Waals surface area contributed by atoms with E-state index in [-0.39, 0.29) is 5.92 Å². The molecule has 0 radical (unpaired) electrons. The maximum Gasteiger partial charge on any atom is 0.248 e.